The average Bonchev–Trinajstić information content (AvgIpc) is 2.49. The van der Waals surface area contributed by atoms with Crippen molar-refractivity contribution in [2.45, 2.75) is 18.9 Å². The first-order valence-corrected chi connectivity index (χ1v) is 6.31. The van der Waals surface area contributed by atoms with Gasteiger partial charge in [0.1, 0.15) is 6.04 Å². The van der Waals surface area contributed by atoms with Crippen LogP contribution in [0.5, 0.6) is 0 Å². The van der Waals surface area contributed by atoms with Gasteiger partial charge in [0, 0.05) is 18.6 Å². The largest absolute Gasteiger partial charge is 0.481 e. The summed E-state index contributed by atoms with van der Waals surface area (Å²) in [5.74, 6) is -3.90. The second-order valence-electron chi connectivity index (χ2n) is 4.55. The van der Waals surface area contributed by atoms with E-state index in [1.165, 1.54) is 0 Å². The van der Waals surface area contributed by atoms with Crippen molar-refractivity contribution in [3.63, 3.8) is 0 Å². The van der Waals surface area contributed by atoms with E-state index >= 15 is 0 Å². The number of benzene rings is 1. The quantitative estimate of drug-likeness (QED) is 0.447. The van der Waals surface area contributed by atoms with Gasteiger partial charge in [0.25, 0.3) is 17.3 Å². The Morgan fingerprint density at radius 3 is 1.92 bits per heavy atom. The predicted molar refractivity (Wildman–Crippen MR) is 75.5 cm³/mol. The molecule has 0 saturated heterocycles. The molecule has 1 atom stereocenters. The highest BCUT2D eigenvalue weighted by molar-refractivity contribution is 5.97. The van der Waals surface area contributed by atoms with Gasteiger partial charge in [0.2, 0.25) is 0 Å². The van der Waals surface area contributed by atoms with E-state index in [0.29, 0.717) is 6.07 Å². The van der Waals surface area contributed by atoms with Gasteiger partial charge in [-0.1, -0.05) is 0 Å². The molecule has 0 heterocycles. The van der Waals surface area contributed by atoms with Gasteiger partial charge in [-0.2, -0.15) is 0 Å². The van der Waals surface area contributed by atoms with Crippen LogP contribution in [0.15, 0.2) is 18.2 Å². The summed E-state index contributed by atoms with van der Waals surface area (Å²) in [6.45, 7) is 0. The van der Waals surface area contributed by atoms with Crippen molar-refractivity contribution in [3.8, 4) is 0 Å². The number of carboxylic acids is 2. The van der Waals surface area contributed by atoms with Crippen molar-refractivity contribution in [1.82, 2.24) is 5.32 Å². The maximum absolute atomic E-state index is 12.0. The van der Waals surface area contributed by atoms with Crippen molar-refractivity contribution in [3.05, 3.63) is 44.0 Å². The minimum Gasteiger partial charge on any atom is -0.481 e. The number of hydrogen-bond acceptors (Lipinski definition) is 7. The van der Waals surface area contributed by atoms with Gasteiger partial charge in [-0.05, 0) is 6.42 Å². The van der Waals surface area contributed by atoms with Crippen LogP contribution in [0, 0.1) is 20.2 Å². The third kappa shape index (κ3) is 5.01. The van der Waals surface area contributed by atoms with E-state index in [-0.39, 0.29) is 0 Å². The topological polar surface area (TPSA) is 190 Å². The number of carbonyl (C=O) groups is 3. The molecule has 0 aromatic heterocycles. The Bertz CT molecular complexity index is 683. The number of nitro groups is 2. The summed E-state index contributed by atoms with van der Waals surface area (Å²) in [7, 11) is 0. The van der Waals surface area contributed by atoms with Crippen LogP contribution in [0.2, 0.25) is 0 Å². The summed E-state index contributed by atoms with van der Waals surface area (Å²) in [4.78, 5) is 53.1. The lowest BCUT2D eigenvalue weighted by molar-refractivity contribution is -0.394. The minimum atomic E-state index is -1.56. The van der Waals surface area contributed by atoms with Crippen LogP contribution in [0.1, 0.15) is 23.2 Å². The number of carboxylic acid groups (broad SMARTS) is 2. The number of amides is 1. The van der Waals surface area contributed by atoms with Crippen LogP contribution in [-0.2, 0) is 9.59 Å². The molecule has 1 aromatic carbocycles. The molecule has 0 unspecified atom stereocenters. The van der Waals surface area contributed by atoms with Gasteiger partial charge < -0.3 is 15.5 Å². The van der Waals surface area contributed by atoms with Gasteiger partial charge in [-0.15, -0.1) is 0 Å². The van der Waals surface area contributed by atoms with Gasteiger partial charge in [-0.3, -0.25) is 29.8 Å². The van der Waals surface area contributed by atoms with E-state index in [4.69, 9.17) is 10.2 Å². The van der Waals surface area contributed by atoms with Crippen LogP contribution in [-0.4, -0.2) is 43.9 Å². The number of nitro benzene ring substituents is 2. The van der Waals surface area contributed by atoms with Crippen LogP contribution < -0.4 is 5.32 Å². The average molecular weight is 341 g/mol. The molecule has 0 saturated carbocycles. The molecule has 0 bridgehead atoms. The molecular formula is C12H11N3O9. The predicted octanol–water partition coefficient (Wildman–Crippen LogP) is 0.551. The molecule has 0 aliphatic carbocycles. The van der Waals surface area contributed by atoms with Crippen LogP contribution in [0.3, 0.4) is 0 Å². The van der Waals surface area contributed by atoms with Crippen molar-refractivity contribution in [2.24, 2.45) is 0 Å². The standard InChI is InChI=1S/C12H11N3O9/c16-10(17)2-1-9(12(19)20)13-11(18)6-3-7(14(21)22)5-8(4-6)15(23)24/h3-5,9H,1-2H2,(H,13,18)(H,16,17)(H,19,20)/t9-/m1/s1. The number of aliphatic carboxylic acids is 2. The lowest BCUT2D eigenvalue weighted by atomic mass is 10.1. The molecule has 12 heteroatoms. The number of carbonyl (C=O) groups excluding carboxylic acids is 1. The molecule has 1 aromatic rings. The fourth-order valence-electron chi connectivity index (χ4n) is 1.70. The van der Waals surface area contributed by atoms with E-state index in [1.807, 2.05) is 5.32 Å². The molecule has 3 N–H and O–H groups in total. The molecule has 128 valence electrons. The maximum Gasteiger partial charge on any atom is 0.326 e. The molecule has 0 fully saturated rings. The van der Waals surface area contributed by atoms with Gasteiger partial charge in [0.05, 0.1) is 21.5 Å². The number of rotatable bonds is 8. The molecule has 0 radical (unpaired) electrons. The van der Waals surface area contributed by atoms with E-state index < -0.39 is 63.5 Å². The fraction of sp³-hybridized carbons (Fsp3) is 0.250. The Kier molecular flexibility index (Phi) is 5.87. The molecule has 0 aliphatic heterocycles. The third-order valence-corrected chi connectivity index (χ3v) is 2.84. The summed E-state index contributed by atoms with van der Waals surface area (Å²) in [6, 6.07) is 0.583. The lowest BCUT2D eigenvalue weighted by Gasteiger charge is -2.13. The zero-order valence-corrected chi connectivity index (χ0v) is 11.9. The summed E-state index contributed by atoms with van der Waals surface area (Å²) in [6.07, 6.45) is -0.959. The van der Waals surface area contributed by atoms with Crippen molar-refractivity contribution in [1.29, 1.82) is 0 Å². The molecule has 0 aliphatic rings. The zero-order valence-electron chi connectivity index (χ0n) is 11.9. The third-order valence-electron chi connectivity index (χ3n) is 2.84. The van der Waals surface area contributed by atoms with Gasteiger partial charge >= 0.3 is 11.9 Å². The maximum atomic E-state index is 12.0. The summed E-state index contributed by atoms with van der Waals surface area (Å²) in [5, 5.41) is 41.0. The highest BCUT2D eigenvalue weighted by Gasteiger charge is 2.24. The van der Waals surface area contributed by atoms with Crippen LogP contribution in [0.4, 0.5) is 11.4 Å². The zero-order chi connectivity index (χ0) is 18.4. The minimum absolute atomic E-state index is 0.423. The second-order valence-corrected chi connectivity index (χ2v) is 4.55. The highest BCUT2D eigenvalue weighted by Crippen LogP contribution is 2.22. The first-order valence-electron chi connectivity index (χ1n) is 6.31. The van der Waals surface area contributed by atoms with Gasteiger partial charge in [0.15, 0.2) is 0 Å². The van der Waals surface area contributed by atoms with E-state index in [9.17, 15) is 34.6 Å². The number of nitrogens with zero attached hydrogens (tertiary/aromatic N) is 2. The van der Waals surface area contributed by atoms with Crippen LogP contribution in [0.25, 0.3) is 0 Å². The van der Waals surface area contributed by atoms with Crippen LogP contribution >= 0.6 is 0 Å². The Morgan fingerprint density at radius 2 is 1.54 bits per heavy atom. The highest BCUT2D eigenvalue weighted by atomic mass is 16.6. The SMILES string of the molecule is O=C(O)CC[C@@H](NC(=O)c1cc([N+](=O)[O-])cc([N+](=O)[O-])c1)C(=O)O. The Labute approximate surface area is 133 Å². The normalized spacial score (nSPS) is 11.3. The molecule has 12 nitrogen and oxygen atoms in total. The number of non-ortho nitro benzene ring substituents is 2. The summed E-state index contributed by atoms with van der Waals surface area (Å²) >= 11 is 0. The first kappa shape index (κ1) is 18.5. The van der Waals surface area contributed by atoms with E-state index in [0.717, 1.165) is 12.1 Å². The van der Waals surface area contributed by atoms with Crippen molar-refractivity contribution in [2.75, 3.05) is 0 Å². The molecule has 1 rings (SSSR count). The Balaban J connectivity index is 3.08. The first-order chi connectivity index (χ1) is 11.1. The summed E-state index contributed by atoms with van der Waals surface area (Å²) < 4.78 is 0. The molecule has 24 heavy (non-hydrogen) atoms. The summed E-state index contributed by atoms with van der Waals surface area (Å²) in [5.41, 5.74) is -1.92. The smallest absolute Gasteiger partial charge is 0.326 e. The van der Waals surface area contributed by atoms with E-state index in [2.05, 4.69) is 0 Å². The second kappa shape index (κ2) is 7.62. The molecule has 0 spiro atoms. The number of nitrogens with one attached hydrogen (secondary N) is 1. The monoisotopic (exact) mass is 341 g/mol. The van der Waals surface area contributed by atoms with Crippen molar-refractivity contribution >= 4 is 29.2 Å². The fourth-order valence-corrected chi connectivity index (χ4v) is 1.70. The van der Waals surface area contributed by atoms with Crippen molar-refractivity contribution < 1.29 is 34.4 Å². The van der Waals surface area contributed by atoms with Gasteiger partial charge in [-0.25, -0.2) is 4.79 Å². The molecular weight excluding hydrogens is 330 g/mol. The number of hydrogen-bond donors (Lipinski definition) is 3. The Hall–Kier alpha value is -3.57. The van der Waals surface area contributed by atoms with E-state index in [1.54, 1.807) is 0 Å². The Morgan fingerprint density at radius 1 is 1.04 bits per heavy atom. The molecule has 1 amide bonds. The lowest BCUT2D eigenvalue weighted by Crippen LogP contribution is -2.41.